The highest BCUT2D eigenvalue weighted by Crippen LogP contribution is 2.17. The maximum atomic E-state index is 8.95. The summed E-state index contributed by atoms with van der Waals surface area (Å²) in [6.45, 7) is 2.10. The van der Waals surface area contributed by atoms with E-state index in [1.807, 2.05) is 31.2 Å². The molecule has 0 radical (unpaired) electrons. The number of benzene rings is 1. The van der Waals surface area contributed by atoms with E-state index in [0.717, 1.165) is 16.9 Å². The van der Waals surface area contributed by atoms with Crippen LogP contribution in [0.1, 0.15) is 24.2 Å². The van der Waals surface area contributed by atoms with Crippen LogP contribution in [-0.4, -0.2) is 15.1 Å². The molecular formula is C13H15N3O. The van der Waals surface area contributed by atoms with Crippen LogP contribution >= 0.6 is 0 Å². The molecule has 88 valence electrons. The van der Waals surface area contributed by atoms with Gasteiger partial charge < -0.3 is 10.4 Å². The molecule has 0 saturated heterocycles. The van der Waals surface area contributed by atoms with E-state index in [2.05, 4.69) is 15.3 Å². The molecule has 2 N–H and O–H groups in total. The molecule has 1 heterocycles. The van der Waals surface area contributed by atoms with E-state index in [1.165, 1.54) is 0 Å². The first kappa shape index (κ1) is 11.5. The van der Waals surface area contributed by atoms with Crippen LogP contribution in [0, 0.1) is 0 Å². The van der Waals surface area contributed by atoms with Crippen molar-refractivity contribution in [3.05, 3.63) is 54.1 Å². The monoisotopic (exact) mass is 229 g/mol. The molecule has 4 heteroatoms. The molecule has 4 nitrogen and oxygen atoms in total. The van der Waals surface area contributed by atoms with Gasteiger partial charge in [-0.1, -0.05) is 12.1 Å². The van der Waals surface area contributed by atoms with E-state index in [-0.39, 0.29) is 12.6 Å². The van der Waals surface area contributed by atoms with Gasteiger partial charge in [-0.15, -0.1) is 0 Å². The Kier molecular flexibility index (Phi) is 3.67. The third-order valence-corrected chi connectivity index (χ3v) is 2.55. The van der Waals surface area contributed by atoms with Crippen molar-refractivity contribution in [2.45, 2.75) is 19.6 Å². The van der Waals surface area contributed by atoms with Crippen molar-refractivity contribution in [3.63, 3.8) is 0 Å². The molecule has 0 aliphatic heterocycles. The van der Waals surface area contributed by atoms with Crippen molar-refractivity contribution in [2.75, 3.05) is 5.32 Å². The third kappa shape index (κ3) is 3.01. The first-order valence-electron chi connectivity index (χ1n) is 5.52. The summed E-state index contributed by atoms with van der Waals surface area (Å²) in [5.74, 6) is 0. The summed E-state index contributed by atoms with van der Waals surface area (Å²) in [4.78, 5) is 8.28. The summed E-state index contributed by atoms with van der Waals surface area (Å²) >= 11 is 0. The van der Waals surface area contributed by atoms with E-state index in [0.29, 0.717) is 0 Å². The second kappa shape index (κ2) is 5.41. The predicted molar refractivity (Wildman–Crippen MR) is 66.4 cm³/mol. The molecule has 0 bridgehead atoms. The van der Waals surface area contributed by atoms with Crippen molar-refractivity contribution in [1.29, 1.82) is 0 Å². The van der Waals surface area contributed by atoms with E-state index < -0.39 is 0 Å². The number of aliphatic hydroxyl groups excluding tert-OH is 1. The molecule has 0 aliphatic carbocycles. The molecule has 1 atom stereocenters. The van der Waals surface area contributed by atoms with Crippen molar-refractivity contribution in [3.8, 4) is 0 Å². The van der Waals surface area contributed by atoms with Crippen LogP contribution in [0.3, 0.4) is 0 Å². The second-order valence-corrected chi connectivity index (χ2v) is 3.85. The van der Waals surface area contributed by atoms with Crippen LogP contribution < -0.4 is 5.32 Å². The van der Waals surface area contributed by atoms with Crippen LogP contribution in [0.25, 0.3) is 0 Å². The fourth-order valence-corrected chi connectivity index (χ4v) is 1.56. The number of nitrogens with one attached hydrogen (secondary N) is 1. The zero-order valence-electron chi connectivity index (χ0n) is 9.67. The molecule has 0 fully saturated rings. The normalized spacial score (nSPS) is 12.1. The molecule has 17 heavy (non-hydrogen) atoms. The van der Waals surface area contributed by atoms with Gasteiger partial charge >= 0.3 is 0 Å². The van der Waals surface area contributed by atoms with E-state index in [1.54, 1.807) is 18.6 Å². The van der Waals surface area contributed by atoms with Gasteiger partial charge in [0.05, 0.1) is 24.5 Å². The molecule has 0 aliphatic rings. The number of hydrogen-bond donors (Lipinski definition) is 2. The van der Waals surface area contributed by atoms with Gasteiger partial charge in [0.15, 0.2) is 0 Å². The number of aliphatic hydroxyl groups is 1. The summed E-state index contributed by atoms with van der Waals surface area (Å²) in [5, 5.41) is 12.3. The smallest absolute Gasteiger partial charge is 0.0806 e. The molecule has 1 unspecified atom stereocenters. The van der Waals surface area contributed by atoms with Crippen LogP contribution in [0.5, 0.6) is 0 Å². The Morgan fingerprint density at radius 3 is 2.59 bits per heavy atom. The van der Waals surface area contributed by atoms with Gasteiger partial charge in [0, 0.05) is 18.1 Å². The summed E-state index contributed by atoms with van der Waals surface area (Å²) in [6, 6.07) is 7.78. The van der Waals surface area contributed by atoms with Gasteiger partial charge in [0.25, 0.3) is 0 Å². The second-order valence-electron chi connectivity index (χ2n) is 3.85. The van der Waals surface area contributed by atoms with Crippen molar-refractivity contribution < 1.29 is 5.11 Å². The maximum Gasteiger partial charge on any atom is 0.0806 e. The van der Waals surface area contributed by atoms with Crippen LogP contribution in [-0.2, 0) is 6.61 Å². The van der Waals surface area contributed by atoms with Gasteiger partial charge in [-0.05, 0) is 24.6 Å². The lowest BCUT2D eigenvalue weighted by atomic mass is 10.2. The van der Waals surface area contributed by atoms with Crippen LogP contribution in [0.2, 0.25) is 0 Å². The Hall–Kier alpha value is -1.94. The third-order valence-electron chi connectivity index (χ3n) is 2.55. The Labute approximate surface area is 100 Å². The van der Waals surface area contributed by atoms with E-state index in [9.17, 15) is 0 Å². The molecule has 2 aromatic rings. The van der Waals surface area contributed by atoms with Crippen molar-refractivity contribution in [2.24, 2.45) is 0 Å². The number of nitrogens with zero attached hydrogens (tertiary/aromatic N) is 2. The molecule has 2 rings (SSSR count). The zero-order valence-corrected chi connectivity index (χ0v) is 9.67. The Bertz CT molecular complexity index is 456. The molecule has 1 aromatic heterocycles. The maximum absolute atomic E-state index is 8.95. The molecule has 0 saturated carbocycles. The first-order chi connectivity index (χ1) is 8.29. The van der Waals surface area contributed by atoms with Gasteiger partial charge in [0.2, 0.25) is 0 Å². The summed E-state index contributed by atoms with van der Waals surface area (Å²) in [6.07, 6.45) is 5.09. The highest BCUT2D eigenvalue weighted by molar-refractivity contribution is 5.45. The highest BCUT2D eigenvalue weighted by atomic mass is 16.3. The SMILES string of the molecule is CC(Nc1ccc(CO)cc1)c1cnccn1. The van der Waals surface area contributed by atoms with Gasteiger partial charge in [-0.3, -0.25) is 9.97 Å². The fourth-order valence-electron chi connectivity index (χ4n) is 1.56. The van der Waals surface area contributed by atoms with Gasteiger partial charge in [-0.2, -0.15) is 0 Å². The fraction of sp³-hybridized carbons (Fsp3) is 0.231. The van der Waals surface area contributed by atoms with E-state index >= 15 is 0 Å². The quantitative estimate of drug-likeness (QED) is 0.843. The lowest BCUT2D eigenvalue weighted by molar-refractivity contribution is 0.282. The van der Waals surface area contributed by atoms with Crippen LogP contribution in [0.4, 0.5) is 5.69 Å². The zero-order chi connectivity index (χ0) is 12.1. The first-order valence-corrected chi connectivity index (χ1v) is 5.52. The molecule has 1 aromatic carbocycles. The lowest BCUT2D eigenvalue weighted by Crippen LogP contribution is -2.08. The summed E-state index contributed by atoms with van der Waals surface area (Å²) in [5.41, 5.74) is 2.81. The minimum absolute atomic E-state index is 0.0694. The standard InChI is InChI=1S/C13H15N3O/c1-10(13-8-14-6-7-15-13)16-12-4-2-11(9-17)3-5-12/h2-8,10,16-17H,9H2,1H3. The molecular weight excluding hydrogens is 214 g/mol. The number of anilines is 1. The number of aromatic nitrogens is 2. The lowest BCUT2D eigenvalue weighted by Gasteiger charge is -2.14. The van der Waals surface area contributed by atoms with Crippen LogP contribution in [0.15, 0.2) is 42.9 Å². The average molecular weight is 229 g/mol. The van der Waals surface area contributed by atoms with Crippen molar-refractivity contribution >= 4 is 5.69 Å². The highest BCUT2D eigenvalue weighted by Gasteiger charge is 2.06. The largest absolute Gasteiger partial charge is 0.392 e. The molecule has 0 spiro atoms. The topological polar surface area (TPSA) is 58.0 Å². The summed E-state index contributed by atoms with van der Waals surface area (Å²) in [7, 11) is 0. The minimum atomic E-state index is 0.0694. The molecule has 0 amide bonds. The number of rotatable bonds is 4. The number of hydrogen-bond acceptors (Lipinski definition) is 4. The van der Waals surface area contributed by atoms with E-state index in [4.69, 9.17) is 5.11 Å². The van der Waals surface area contributed by atoms with Crippen molar-refractivity contribution in [1.82, 2.24) is 9.97 Å². The Morgan fingerprint density at radius 2 is 2.00 bits per heavy atom. The van der Waals surface area contributed by atoms with Gasteiger partial charge in [0.1, 0.15) is 0 Å². The summed E-state index contributed by atoms with van der Waals surface area (Å²) < 4.78 is 0. The van der Waals surface area contributed by atoms with Gasteiger partial charge in [-0.25, -0.2) is 0 Å². The Balaban J connectivity index is 2.05. The Morgan fingerprint density at radius 1 is 1.24 bits per heavy atom. The predicted octanol–water partition coefficient (Wildman–Crippen LogP) is 2.14. The minimum Gasteiger partial charge on any atom is -0.392 e. The average Bonchev–Trinajstić information content (AvgIpc) is 2.40.